The van der Waals surface area contributed by atoms with Gasteiger partial charge in [0.1, 0.15) is 5.58 Å². The van der Waals surface area contributed by atoms with Crippen molar-refractivity contribution in [3.8, 4) is 12.3 Å². The van der Waals surface area contributed by atoms with Gasteiger partial charge in [-0.2, -0.15) is 0 Å². The third-order valence-corrected chi connectivity index (χ3v) is 5.62. The number of benzene rings is 2. The van der Waals surface area contributed by atoms with E-state index in [0.29, 0.717) is 61.7 Å². The summed E-state index contributed by atoms with van der Waals surface area (Å²) in [6.07, 6.45) is 6.05. The van der Waals surface area contributed by atoms with E-state index in [0.717, 1.165) is 16.8 Å². The molecule has 1 aromatic heterocycles. The monoisotopic (exact) mass is 445 g/mol. The Labute approximate surface area is 192 Å². The van der Waals surface area contributed by atoms with Gasteiger partial charge in [0.05, 0.1) is 18.6 Å². The second kappa shape index (κ2) is 9.80. The molecule has 2 aromatic carbocycles. The number of morpholine rings is 1. The fourth-order valence-corrected chi connectivity index (χ4v) is 3.88. The SMILES string of the molecule is C#Cc1cccc(NCCc2cc(C(=O)N(C)C)cc3c(=O)cc(N4CCOCC4)oc23)c1. The summed E-state index contributed by atoms with van der Waals surface area (Å²) in [5, 5.41) is 3.77. The van der Waals surface area contributed by atoms with E-state index in [9.17, 15) is 9.59 Å². The van der Waals surface area contributed by atoms with Gasteiger partial charge in [-0.1, -0.05) is 12.0 Å². The number of nitrogens with zero attached hydrogens (tertiary/aromatic N) is 2. The van der Waals surface area contributed by atoms with Gasteiger partial charge in [0.25, 0.3) is 5.91 Å². The molecule has 0 radical (unpaired) electrons. The average Bonchev–Trinajstić information content (AvgIpc) is 2.84. The van der Waals surface area contributed by atoms with Gasteiger partial charge in [-0.25, -0.2) is 0 Å². The molecule has 2 heterocycles. The van der Waals surface area contributed by atoms with Crippen molar-refractivity contribution in [2.24, 2.45) is 0 Å². The van der Waals surface area contributed by atoms with Gasteiger partial charge in [-0.05, 0) is 42.3 Å². The molecule has 4 rings (SSSR count). The summed E-state index contributed by atoms with van der Waals surface area (Å²) >= 11 is 0. The number of ether oxygens (including phenoxy) is 1. The molecular formula is C26H27N3O4. The van der Waals surface area contributed by atoms with E-state index in [2.05, 4.69) is 11.2 Å². The van der Waals surface area contributed by atoms with Crippen molar-refractivity contribution in [1.82, 2.24) is 4.90 Å². The van der Waals surface area contributed by atoms with Crippen molar-refractivity contribution in [2.45, 2.75) is 6.42 Å². The number of rotatable bonds is 6. The summed E-state index contributed by atoms with van der Waals surface area (Å²) in [6.45, 7) is 3.08. The fraction of sp³-hybridized carbons (Fsp3) is 0.308. The number of amides is 1. The third kappa shape index (κ3) is 5.02. The van der Waals surface area contributed by atoms with Crippen molar-refractivity contribution in [2.75, 3.05) is 57.2 Å². The van der Waals surface area contributed by atoms with E-state index in [4.69, 9.17) is 15.6 Å². The third-order valence-electron chi connectivity index (χ3n) is 5.62. The Bertz CT molecular complexity index is 1270. The summed E-state index contributed by atoms with van der Waals surface area (Å²) in [4.78, 5) is 29.2. The smallest absolute Gasteiger partial charge is 0.253 e. The Morgan fingerprint density at radius 2 is 1.97 bits per heavy atom. The summed E-state index contributed by atoms with van der Waals surface area (Å²) in [6, 6.07) is 12.6. The Morgan fingerprint density at radius 1 is 1.18 bits per heavy atom. The zero-order valence-electron chi connectivity index (χ0n) is 18.9. The van der Waals surface area contributed by atoms with Gasteiger partial charge in [0.2, 0.25) is 0 Å². The first-order valence-electron chi connectivity index (χ1n) is 10.9. The highest BCUT2D eigenvalue weighted by atomic mass is 16.5. The van der Waals surface area contributed by atoms with Crippen LogP contribution in [0.5, 0.6) is 0 Å². The van der Waals surface area contributed by atoms with E-state index >= 15 is 0 Å². The predicted octanol–water partition coefficient (Wildman–Crippen LogP) is 2.97. The van der Waals surface area contributed by atoms with Crippen LogP contribution in [0.4, 0.5) is 11.6 Å². The maximum Gasteiger partial charge on any atom is 0.253 e. The summed E-state index contributed by atoms with van der Waals surface area (Å²) in [5.74, 6) is 2.99. The van der Waals surface area contributed by atoms with Crippen LogP contribution in [0, 0.1) is 12.3 Å². The number of carbonyl (C=O) groups excluding carboxylic acids is 1. The molecule has 3 aromatic rings. The average molecular weight is 446 g/mol. The molecule has 1 amide bonds. The number of hydrogen-bond donors (Lipinski definition) is 1. The maximum atomic E-state index is 13.0. The van der Waals surface area contributed by atoms with Gasteiger partial charge >= 0.3 is 0 Å². The molecule has 1 N–H and O–H groups in total. The van der Waals surface area contributed by atoms with Gasteiger partial charge in [-0.3, -0.25) is 9.59 Å². The molecular weight excluding hydrogens is 418 g/mol. The van der Waals surface area contributed by atoms with Crippen LogP contribution in [0.25, 0.3) is 11.0 Å². The topological polar surface area (TPSA) is 75.0 Å². The minimum absolute atomic E-state index is 0.163. The van der Waals surface area contributed by atoms with Crippen LogP contribution < -0.4 is 15.6 Å². The lowest BCUT2D eigenvalue weighted by atomic mass is 10.0. The Morgan fingerprint density at radius 3 is 2.70 bits per heavy atom. The highest BCUT2D eigenvalue weighted by Crippen LogP contribution is 2.26. The maximum absolute atomic E-state index is 13.0. The molecule has 1 aliphatic heterocycles. The first-order chi connectivity index (χ1) is 16.0. The summed E-state index contributed by atoms with van der Waals surface area (Å²) in [7, 11) is 3.38. The number of terminal acetylenes is 1. The number of nitrogens with one attached hydrogen (secondary N) is 1. The Balaban J connectivity index is 1.70. The van der Waals surface area contributed by atoms with E-state index in [-0.39, 0.29) is 11.3 Å². The normalized spacial score (nSPS) is 13.5. The minimum atomic E-state index is -0.165. The van der Waals surface area contributed by atoms with Gasteiger partial charge < -0.3 is 24.3 Å². The number of fused-ring (bicyclic) bond motifs is 1. The molecule has 1 saturated heterocycles. The van der Waals surface area contributed by atoms with Gasteiger partial charge in [0.15, 0.2) is 11.3 Å². The highest BCUT2D eigenvalue weighted by molar-refractivity contribution is 5.98. The van der Waals surface area contributed by atoms with Crippen LogP contribution >= 0.6 is 0 Å². The van der Waals surface area contributed by atoms with E-state index in [1.165, 1.54) is 11.0 Å². The standard InChI is InChI=1S/C26H27N3O4/c1-4-18-6-5-7-21(14-18)27-9-8-19-15-20(26(31)28(2)3)16-22-23(30)17-24(33-25(19)22)29-10-12-32-13-11-29/h1,5-7,14-17,27H,8-13H2,2-3H3. The fourth-order valence-electron chi connectivity index (χ4n) is 3.88. The Hall–Kier alpha value is -3.76. The molecule has 0 aliphatic carbocycles. The summed E-state index contributed by atoms with van der Waals surface area (Å²) < 4.78 is 11.7. The van der Waals surface area contributed by atoms with Crippen molar-refractivity contribution >= 4 is 28.4 Å². The van der Waals surface area contributed by atoms with Crippen LogP contribution in [0.1, 0.15) is 21.5 Å². The van der Waals surface area contributed by atoms with E-state index in [1.807, 2.05) is 35.2 Å². The molecule has 0 saturated carbocycles. The molecule has 7 nitrogen and oxygen atoms in total. The molecule has 0 atom stereocenters. The molecule has 33 heavy (non-hydrogen) atoms. The van der Waals surface area contributed by atoms with Crippen LogP contribution in [0.15, 0.2) is 51.7 Å². The zero-order valence-corrected chi connectivity index (χ0v) is 18.9. The number of hydrogen-bond acceptors (Lipinski definition) is 6. The van der Waals surface area contributed by atoms with Crippen LogP contribution in [-0.2, 0) is 11.2 Å². The minimum Gasteiger partial charge on any atom is -0.440 e. The predicted molar refractivity (Wildman–Crippen MR) is 130 cm³/mol. The lowest BCUT2D eigenvalue weighted by molar-refractivity contribution is 0.0827. The quantitative estimate of drug-likeness (QED) is 0.588. The molecule has 1 fully saturated rings. The van der Waals surface area contributed by atoms with E-state index < -0.39 is 0 Å². The molecule has 170 valence electrons. The first kappa shape index (κ1) is 22.4. The first-order valence-corrected chi connectivity index (χ1v) is 10.9. The number of anilines is 2. The lowest BCUT2D eigenvalue weighted by Crippen LogP contribution is -2.36. The van der Waals surface area contributed by atoms with Crippen molar-refractivity contribution in [1.29, 1.82) is 0 Å². The van der Waals surface area contributed by atoms with Crippen molar-refractivity contribution in [3.05, 3.63) is 69.4 Å². The van der Waals surface area contributed by atoms with E-state index in [1.54, 1.807) is 20.2 Å². The largest absolute Gasteiger partial charge is 0.440 e. The summed E-state index contributed by atoms with van der Waals surface area (Å²) in [5.41, 5.74) is 3.31. The molecule has 1 aliphatic rings. The van der Waals surface area contributed by atoms with Gasteiger partial charge in [0, 0.05) is 56.6 Å². The van der Waals surface area contributed by atoms with Crippen LogP contribution in [0.3, 0.4) is 0 Å². The van der Waals surface area contributed by atoms with Crippen LogP contribution in [-0.4, -0.2) is 57.8 Å². The Kier molecular flexibility index (Phi) is 6.66. The second-order valence-electron chi connectivity index (χ2n) is 8.16. The van der Waals surface area contributed by atoms with Crippen molar-refractivity contribution < 1.29 is 13.9 Å². The van der Waals surface area contributed by atoms with Crippen molar-refractivity contribution in [3.63, 3.8) is 0 Å². The zero-order chi connectivity index (χ0) is 23.4. The lowest BCUT2D eigenvalue weighted by Gasteiger charge is -2.27. The number of carbonyl (C=O) groups is 1. The molecule has 0 bridgehead atoms. The second-order valence-corrected chi connectivity index (χ2v) is 8.16. The molecule has 0 spiro atoms. The highest BCUT2D eigenvalue weighted by Gasteiger charge is 2.19. The molecule has 7 heteroatoms. The molecule has 0 unspecified atom stereocenters. The van der Waals surface area contributed by atoms with Crippen LogP contribution in [0.2, 0.25) is 0 Å². The van der Waals surface area contributed by atoms with Gasteiger partial charge in [-0.15, -0.1) is 6.42 Å².